The second-order valence-corrected chi connectivity index (χ2v) is 6.07. The highest BCUT2D eigenvalue weighted by atomic mass is 35.5. The summed E-state index contributed by atoms with van der Waals surface area (Å²) in [6.07, 6.45) is 0.794. The lowest BCUT2D eigenvalue weighted by atomic mass is 9.86. The van der Waals surface area contributed by atoms with Crippen LogP contribution in [0.4, 0.5) is 0 Å². The number of para-hydroxylation sites is 1. The Hall–Kier alpha value is -1.22. The number of ether oxygens (including phenoxy) is 1. The van der Waals surface area contributed by atoms with E-state index in [1.165, 1.54) is 0 Å². The van der Waals surface area contributed by atoms with Gasteiger partial charge in [-0.15, -0.1) is 0 Å². The molecule has 0 spiro atoms. The van der Waals surface area contributed by atoms with E-state index in [1.807, 2.05) is 18.2 Å². The number of halogens is 2. The average Bonchev–Trinajstić information content (AvgIpc) is 2.47. The molecule has 4 heteroatoms. The van der Waals surface area contributed by atoms with E-state index < -0.39 is 6.10 Å². The van der Waals surface area contributed by atoms with Gasteiger partial charge in [-0.2, -0.15) is 0 Å². The molecule has 2 aromatic carbocycles. The highest BCUT2D eigenvalue weighted by Gasteiger charge is 2.26. The van der Waals surface area contributed by atoms with Gasteiger partial charge in [0.25, 0.3) is 0 Å². The maximum absolute atomic E-state index is 10.6. The number of benzene rings is 2. The molecule has 2 atom stereocenters. The third kappa shape index (κ3) is 3.03. The maximum atomic E-state index is 10.6. The number of aliphatic hydroxyl groups excluding tert-OH is 1. The summed E-state index contributed by atoms with van der Waals surface area (Å²) in [6.45, 7) is 0.671. The van der Waals surface area contributed by atoms with E-state index in [2.05, 4.69) is 6.07 Å². The zero-order chi connectivity index (χ0) is 14.8. The minimum absolute atomic E-state index is 0.247. The molecule has 1 N–H and O–H groups in total. The van der Waals surface area contributed by atoms with Gasteiger partial charge in [0.05, 0.1) is 12.7 Å². The molecule has 2 unspecified atom stereocenters. The summed E-state index contributed by atoms with van der Waals surface area (Å²) in [7, 11) is 0. The quantitative estimate of drug-likeness (QED) is 0.863. The van der Waals surface area contributed by atoms with Crippen molar-refractivity contribution in [2.24, 2.45) is 0 Å². The smallest absolute Gasteiger partial charge is 0.122 e. The highest BCUT2D eigenvalue weighted by Crippen LogP contribution is 2.41. The predicted octanol–water partition coefficient (Wildman–Crippen LogP) is 4.98. The van der Waals surface area contributed by atoms with Crippen LogP contribution in [0, 0.1) is 0 Å². The molecule has 3 rings (SSSR count). The van der Waals surface area contributed by atoms with Crippen LogP contribution in [0.2, 0.25) is 10.0 Å². The first-order valence-corrected chi connectivity index (χ1v) is 7.76. The average molecular weight is 323 g/mol. The van der Waals surface area contributed by atoms with Crippen LogP contribution >= 0.6 is 23.2 Å². The van der Waals surface area contributed by atoms with Gasteiger partial charge in [-0.25, -0.2) is 0 Å². The Kier molecular flexibility index (Phi) is 4.39. The van der Waals surface area contributed by atoms with Crippen molar-refractivity contribution in [3.63, 3.8) is 0 Å². The van der Waals surface area contributed by atoms with Crippen LogP contribution in [0.15, 0.2) is 42.5 Å². The van der Waals surface area contributed by atoms with Crippen LogP contribution in [0.1, 0.15) is 36.0 Å². The third-order valence-corrected chi connectivity index (χ3v) is 4.58. The van der Waals surface area contributed by atoms with Crippen molar-refractivity contribution in [1.82, 2.24) is 0 Å². The van der Waals surface area contributed by atoms with E-state index in [1.54, 1.807) is 18.2 Å². The second-order valence-electron chi connectivity index (χ2n) is 5.26. The molecule has 2 aromatic rings. The summed E-state index contributed by atoms with van der Waals surface area (Å²) in [5.74, 6) is 1.16. The number of hydrogen-bond acceptors (Lipinski definition) is 2. The molecule has 1 aliphatic rings. The largest absolute Gasteiger partial charge is 0.493 e. The Labute approximate surface area is 134 Å². The predicted molar refractivity (Wildman–Crippen MR) is 85.3 cm³/mol. The zero-order valence-corrected chi connectivity index (χ0v) is 12.9. The molecule has 2 nitrogen and oxygen atoms in total. The van der Waals surface area contributed by atoms with Crippen molar-refractivity contribution < 1.29 is 9.84 Å². The van der Waals surface area contributed by atoms with Crippen molar-refractivity contribution in [1.29, 1.82) is 0 Å². The Morgan fingerprint density at radius 3 is 2.57 bits per heavy atom. The minimum Gasteiger partial charge on any atom is -0.493 e. The molecule has 0 aromatic heterocycles. The van der Waals surface area contributed by atoms with E-state index in [0.29, 0.717) is 28.6 Å². The van der Waals surface area contributed by atoms with Gasteiger partial charge in [-0.05, 0) is 42.5 Å². The second kappa shape index (κ2) is 6.27. The van der Waals surface area contributed by atoms with E-state index in [-0.39, 0.29) is 5.92 Å². The lowest BCUT2D eigenvalue weighted by Crippen LogP contribution is -2.16. The van der Waals surface area contributed by atoms with Gasteiger partial charge in [-0.1, -0.05) is 47.5 Å². The van der Waals surface area contributed by atoms with Crippen LogP contribution in [0.3, 0.4) is 0 Å². The van der Waals surface area contributed by atoms with Crippen molar-refractivity contribution in [2.75, 3.05) is 6.61 Å². The van der Waals surface area contributed by atoms with E-state index in [9.17, 15) is 5.11 Å². The molecular weight excluding hydrogens is 307 g/mol. The Balaban J connectivity index is 1.85. The SMILES string of the molecule is OC(CC1CCOc2ccccc21)c1c(Cl)cccc1Cl. The van der Waals surface area contributed by atoms with Crippen LogP contribution in [-0.2, 0) is 0 Å². The lowest BCUT2D eigenvalue weighted by molar-refractivity contribution is 0.145. The van der Waals surface area contributed by atoms with E-state index in [4.69, 9.17) is 27.9 Å². The van der Waals surface area contributed by atoms with Gasteiger partial charge in [0, 0.05) is 15.6 Å². The molecule has 0 saturated heterocycles. The minimum atomic E-state index is -0.678. The van der Waals surface area contributed by atoms with Crippen molar-refractivity contribution in [3.8, 4) is 5.75 Å². The fourth-order valence-electron chi connectivity index (χ4n) is 2.88. The molecule has 0 fully saturated rings. The summed E-state index contributed by atoms with van der Waals surface area (Å²) >= 11 is 12.3. The first-order valence-electron chi connectivity index (χ1n) is 7.00. The molecule has 0 bridgehead atoms. The third-order valence-electron chi connectivity index (χ3n) is 3.92. The lowest BCUT2D eigenvalue weighted by Gasteiger charge is -2.28. The van der Waals surface area contributed by atoms with Gasteiger partial charge in [0.2, 0.25) is 0 Å². The van der Waals surface area contributed by atoms with Gasteiger partial charge in [0.1, 0.15) is 5.75 Å². The number of aliphatic hydroxyl groups is 1. The van der Waals surface area contributed by atoms with E-state index in [0.717, 1.165) is 17.7 Å². The first kappa shape index (κ1) is 14.7. The fourth-order valence-corrected chi connectivity index (χ4v) is 3.53. The summed E-state index contributed by atoms with van der Waals surface area (Å²) in [6, 6.07) is 13.3. The van der Waals surface area contributed by atoms with Crippen molar-refractivity contribution in [3.05, 3.63) is 63.6 Å². The number of rotatable bonds is 3. The first-order chi connectivity index (χ1) is 10.2. The molecule has 1 heterocycles. The number of hydrogen-bond donors (Lipinski definition) is 1. The topological polar surface area (TPSA) is 29.5 Å². The molecule has 0 saturated carbocycles. The van der Waals surface area contributed by atoms with Gasteiger partial charge in [0.15, 0.2) is 0 Å². The van der Waals surface area contributed by atoms with Gasteiger partial charge < -0.3 is 9.84 Å². The molecule has 21 heavy (non-hydrogen) atoms. The molecule has 1 aliphatic heterocycles. The fraction of sp³-hybridized carbons (Fsp3) is 0.294. The van der Waals surface area contributed by atoms with Crippen LogP contribution in [0.25, 0.3) is 0 Å². The van der Waals surface area contributed by atoms with Gasteiger partial charge in [-0.3, -0.25) is 0 Å². The Bertz CT molecular complexity index is 622. The molecular formula is C17H16Cl2O2. The Morgan fingerprint density at radius 2 is 1.81 bits per heavy atom. The molecule has 0 radical (unpaired) electrons. The Morgan fingerprint density at radius 1 is 1.10 bits per heavy atom. The standard InChI is InChI=1S/C17H16Cl2O2/c18-13-5-3-6-14(19)17(13)15(20)10-11-8-9-21-16-7-2-1-4-12(11)16/h1-7,11,15,20H,8-10H2. The maximum Gasteiger partial charge on any atom is 0.122 e. The summed E-state index contributed by atoms with van der Waals surface area (Å²) in [5, 5.41) is 11.6. The number of fused-ring (bicyclic) bond motifs is 1. The van der Waals surface area contributed by atoms with Crippen LogP contribution in [-0.4, -0.2) is 11.7 Å². The normalized spacial score (nSPS) is 18.7. The summed E-state index contributed by atoms with van der Waals surface area (Å²) in [4.78, 5) is 0. The molecule has 110 valence electrons. The monoisotopic (exact) mass is 322 g/mol. The van der Waals surface area contributed by atoms with E-state index >= 15 is 0 Å². The van der Waals surface area contributed by atoms with Crippen LogP contribution < -0.4 is 4.74 Å². The molecule has 0 aliphatic carbocycles. The highest BCUT2D eigenvalue weighted by molar-refractivity contribution is 6.36. The van der Waals surface area contributed by atoms with Crippen LogP contribution in [0.5, 0.6) is 5.75 Å². The summed E-state index contributed by atoms with van der Waals surface area (Å²) < 4.78 is 5.65. The molecule has 0 amide bonds. The van der Waals surface area contributed by atoms with Crippen molar-refractivity contribution in [2.45, 2.75) is 24.9 Å². The zero-order valence-electron chi connectivity index (χ0n) is 11.4. The van der Waals surface area contributed by atoms with Crippen molar-refractivity contribution >= 4 is 23.2 Å². The van der Waals surface area contributed by atoms with Gasteiger partial charge >= 0.3 is 0 Å². The summed E-state index contributed by atoms with van der Waals surface area (Å²) in [5.41, 5.74) is 1.76.